The van der Waals surface area contributed by atoms with E-state index in [1.54, 1.807) is 0 Å². The van der Waals surface area contributed by atoms with Gasteiger partial charge in [0.1, 0.15) is 0 Å². The third kappa shape index (κ3) is 6.15. The molecular formula is C58H54N2. The lowest BCUT2D eigenvalue weighted by atomic mass is 9.80. The van der Waals surface area contributed by atoms with Gasteiger partial charge >= 0.3 is 0 Å². The third-order valence-corrected chi connectivity index (χ3v) is 12.7. The molecule has 9 aromatic carbocycles. The Labute approximate surface area is 355 Å². The van der Waals surface area contributed by atoms with Crippen LogP contribution in [0.15, 0.2) is 164 Å². The van der Waals surface area contributed by atoms with Gasteiger partial charge in [-0.15, -0.1) is 0 Å². The van der Waals surface area contributed by atoms with Gasteiger partial charge in [-0.25, -0.2) is 0 Å². The van der Waals surface area contributed by atoms with Crippen molar-refractivity contribution in [2.45, 2.75) is 78.6 Å². The molecule has 60 heavy (non-hydrogen) atoms. The Morgan fingerprint density at radius 3 is 1.53 bits per heavy atom. The summed E-state index contributed by atoms with van der Waals surface area (Å²) in [6, 6.07) is 61.8. The fourth-order valence-corrected chi connectivity index (χ4v) is 9.56. The monoisotopic (exact) mass is 778 g/mol. The second-order valence-corrected chi connectivity index (χ2v) is 19.9. The number of aromatic nitrogens is 1. The number of anilines is 3. The third-order valence-electron chi connectivity index (χ3n) is 12.7. The predicted octanol–water partition coefficient (Wildman–Crippen LogP) is 16.7. The average Bonchev–Trinajstić information content (AvgIpc) is 3.56. The number of para-hydroxylation sites is 2. The molecule has 0 fully saturated rings. The molecule has 2 nitrogen and oxygen atoms in total. The molecule has 10 rings (SSSR count). The minimum absolute atomic E-state index is 0.0405. The maximum Gasteiger partial charge on any atom is 0.0541 e. The summed E-state index contributed by atoms with van der Waals surface area (Å²) < 4.78 is 2.47. The number of nitrogens with zero attached hydrogens (tertiary/aromatic N) is 2. The van der Waals surface area contributed by atoms with Gasteiger partial charge in [0.2, 0.25) is 0 Å². The zero-order valence-corrected chi connectivity index (χ0v) is 36.5. The lowest BCUT2D eigenvalue weighted by Crippen LogP contribution is -2.19. The van der Waals surface area contributed by atoms with Crippen LogP contribution in [-0.2, 0) is 16.2 Å². The van der Waals surface area contributed by atoms with Crippen molar-refractivity contribution in [2.24, 2.45) is 0 Å². The molecule has 0 unspecified atom stereocenters. The number of fused-ring (bicyclic) bond motifs is 3. The quantitative estimate of drug-likeness (QED) is 0.158. The van der Waals surface area contributed by atoms with Gasteiger partial charge in [0.25, 0.3) is 0 Å². The van der Waals surface area contributed by atoms with Gasteiger partial charge in [-0.3, -0.25) is 0 Å². The van der Waals surface area contributed by atoms with Gasteiger partial charge in [0, 0.05) is 32.9 Å². The highest BCUT2D eigenvalue weighted by molar-refractivity contribution is 6.27. The lowest BCUT2D eigenvalue weighted by Gasteiger charge is -2.33. The molecule has 0 bridgehead atoms. The highest BCUT2D eigenvalue weighted by Crippen LogP contribution is 2.48. The minimum Gasteiger partial charge on any atom is -0.310 e. The molecule has 0 aliphatic heterocycles. The molecular weight excluding hydrogens is 725 g/mol. The first kappa shape index (κ1) is 37.9. The van der Waals surface area contributed by atoms with Crippen molar-refractivity contribution in [3.05, 3.63) is 180 Å². The van der Waals surface area contributed by atoms with E-state index in [-0.39, 0.29) is 16.2 Å². The van der Waals surface area contributed by atoms with E-state index < -0.39 is 0 Å². The highest BCUT2D eigenvalue weighted by atomic mass is 15.1. The summed E-state index contributed by atoms with van der Waals surface area (Å²) in [7, 11) is 0. The highest BCUT2D eigenvalue weighted by Gasteiger charge is 2.27. The second kappa shape index (κ2) is 13.6. The van der Waals surface area contributed by atoms with Crippen molar-refractivity contribution < 1.29 is 0 Å². The first-order valence-corrected chi connectivity index (χ1v) is 21.5. The van der Waals surface area contributed by atoms with Crippen LogP contribution in [0, 0.1) is 0 Å². The summed E-state index contributed by atoms with van der Waals surface area (Å²) in [5.74, 6) is 0. The summed E-state index contributed by atoms with van der Waals surface area (Å²) in [4.78, 5) is 2.54. The number of rotatable bonds is 5. The van der Waals surface area contributed by atoms with Gasteiger partial charge in [-0.2, -0.15) is 0 Å². The molecule has 1 aromatic heterocycles. The molecule has 0 radical (unpaired) electrons. The predicted molar refractivity (Wildman–Crippen MR) is 261 cm³/mol. The maximum absolute atomic E-state index is 2.54. The van der Waals surface area contributed by atoms with Crippen molar-refractivity contribution >= 4 is 71.2 Å². The molecule has 10 aromatic rings. The summed E-state index contributed by atoms with van der Waals surface area (Å²) in [5, 5.41) is 10.1. The Morgan fingerprint density at radius 2 is 0.933 bits per heavy atom. The van der Waals surface area contributed by atoms with Crippen LogP contribution in [0.2, 0.25) is 0 Å². The molecule has 296 valence electrons. The van der Waals surface area contributed by atoms with Crippen LogP contribution in [-0.4, -0.2) is 4.57 Å². The Kier molecular flexibility index (Phi) is 8.57. The first-order chi connectivity index (χ1) is 28.7. The van der Waals surface area contributed by atoms with E-state index in [0.29, 0.717) is 0 Å². The van der Waals surface area contributed by atoms with Crippen LogP contribution in [0.1, 0.15) is 79.0 Å². The zero-order valence-electron chi connectivity index (χ0n) is 36.5. The summed E-state index contributed by atoms with van der Waals surface area (Å²) >= 11 is 0. The standard InChI is InChI=1S/C58H54N2/c1-56(2,3)40-33-41(57(4,5)6)35-43(34-40)59(42-27-30-49(58(7,8)9)48(36-42)37-17-11-10-12-18-37)52-31-25-38-24-29-47-53(32-26-39-23-28-46(52)54(38)55(39)47)60-50-21-15-13-19-44(50)45-20-14-16-22-51(45)60/h10-36H,1-9H3. The van der Waals surface area contributed by atoms with Crippen LogP contribution >= 0.6 is 0 Å². The Hall–Kier alpha value is -6.38. The van der Waals surface area contributed by atoms with Gasteiger partial charge < -0.3 is 9.47 Å². The van der Waals surface area contributed by atoms with Gasteiger partial charge in [-0.05, 0) is 114 Å². The molecule has 0 N–H and O–H groups in total. The zero-order chi connectivity index (χ0) is 41.7. The van der Waals surface area contributed by atoms with E-state index in [1.807, 2.05) is 0 Å². The van der Waals surface area contributed by atoms with Crippen molar-refractivity contribution in [3.63, 3.8) is 0 Å². The summed E-state index contributed by atoms with van der Waals surface area (Å²) in [6.45, 7) is 21.0. The van der Waals surface area contributed by atoms with E-state index in [0.717, 1.165) is 5.69 Å². The van der Waals surface area contributed by atoms with E-state index in [2.05, 4.69) is 236 Å². The molecule has 0 amide bonds. The van der Waals surface area contributed by atoms with E-state index >= 15 is 0 Å². The average molecular weight is 779 g/mol. The van der Waals surface area contributed by atoms with Crippen molar-refractivity contribution in [2.75, 3.05) is 4.90 Å². The second-order valence-electron chi connectivity index (χ2n) is 19.9. The van der Waals surface area contributed by atoms with Crippen molar-refractivity contribution in [1.29, 1.82) is 0 Å². The van der Waals surface area contributed by atoms with Gasteiger partial charge in [0.15, 0.2) is 0 Å². The lowest BCUT2D eigenvalue weighted by molar-refractivity contribution is 0.568. The van der Waals surface area contributed by atoms with E-state index in [4.69, 9.17) is 0 Å². The Morgan fingerprint density at radius 1 is 0.400 bits per heavy atom. The molecule has 0 spiro atoms. The van der Waals surface area contributed by atoms with Gasteiger partial charge in [-0.1, -0.05) is 178 Å². The number of hydrogen-bond donors (Lipinski definition) is 0. The molecule has 0 atom stereocenters. The number of hydrogen-bond acceptors (Lipinski definition) is 1. The van der Waals surface area contributed by atoms with Crippen molar-refractivity contribution in [1.82, 2.24) is 4.57 Å². The van der Waals surface area contributed by atoms with Crippen LogP contribution in [0.5, 0.6) is 0 Å². The topological polar surface area (TPSA) is 8.17 Å². The van der Waals surface area contributed by atoms with E-state index in [1.165, 1.54) is 99.0 Å². The summed E-state index contributed by atoms with van der Waals surface area (Å²) in [5.41, 5.74) is 13.5. The van der Waals surface area contributed by atoms with Crippen LogP contribution < -0.4 is 4.90 Å². The van der Waals surface area contributed by atoms with Crippen LogP contribution in [0.25, 0.3) is 70.9 Å². The SMILES string of the molecule is CC(C)(C)c1cc(N(c2ccc(C(C)(C)C)c(-c3ccccc3)c2)c2ccc3ccc4c(-n5c6ccccc6c6ccccc65)ccc5ccc2c3c54)cc(C(C)(C)C)c1. The largest absolute Gasteiger partial charge is 0.310 e. The Balaban J connectivity index is 1.29. The number of benzene rings is 9. The van der Waals surface area contributed by atoms with E-state index in [9.17, 15) is 0 Å². The maximum atomic E-state index is 2.54. The Bertz CT molecular complexity index is 3160. The summed E-state index contributed by atoms with van der Waals surface area (Å²) in [6.07, 6.45) is 0. The first-order valence-electron chi connectivity index (χ1n) is 21.5. The molecule has 0 saturated carbocycles. The molecule has 1 heterocycles. The molecule has 0 aliphatic rings. The fraction of sp³-hybridized carbons (Fsp3) is 0.207. The smallest absolute Gasteiger partial charge is 0.0541 e. The molecule has 0 aliphatic carbocycles. The van der Waals surface area contributed by atoms with Gasteiger partial charge in [0.05, 0.1) is 22.4 Å². The van der Waals surface area contributed by atoms with Crippen molar-refractivity contribution in [3.8, 4) is 16.8 Å². The molecule has 0 saturated heterocycles. The minimum atomic E-state index is -0.0428. The van der Waals surface area contributed by atoms with Crippen LogP contribution in [0.3, 0.4) is 0 Å². The molecule has 2 heteroatoms. The normalized spacial score (nSPS) is 12.8. The van der Waals surface area contributed by atoms with Crippen LogP contribution in [0.4, 0.5) is 17.1 Å². The fourth-order valence-electron chi connectivity index (χ4n) is 9.56.